The molecule has 0 saturated heterocycles. The lowest BCUT2D eigenvalue weighted by molar-refractivity contribution is -0.143. The molecule has 7 heteroatoms. The Morgan fingerprint density at radius 1 is 1.11 bits per heavy atom. The molecule has 0 radical (unpaired) electrons. The maximum atomic E-state index is 14.0. The van der Waals surface area contributed by atoms with Crippen LogP contribution in [0.2, 0.25) is 0 Å². The molecule has 0 spiro atoms. The van der Waals surface area contributed by atoms with Crippen LogP contribution in [0.15, 0.2) is 22.8 Å². The Bertz CT molecular complexity index is 1130. The van der Waals surface area contributed by atoms with Gasteiger partial charge in [0.15, 0.2) is 11.6 Å². The second kappa shape index (κ2) is 8.70. The Morgan fingerprint density at radius 3 is 2.32 bits per heavy atom. The van der Waals surface area contributed by atoms with Crippen molar-refractivity contribution in [2.75, 3.05) is 0 Å². The molecule has 3 N–H and O–H groups in total. The second-order valence-corrected chi connectivity index (χ2v) is 13.5. The van der Waals surface area contributed by atoms with Crippen LogP contribution in [0.5, 0.6) is 0 Å². The second-order valence-electron chi connectivity index (χ2n) is 13.5. The van der Waals surface area contributed by atoms with E-state index in [1.165, 1.54) is 13.0 Å². The molecular weight excluding hydrogens is 472 g/mol. The van der Waals surface area contributed by atoms with Crippen molar-refractivity contribution in [1.29, 1.82) is 0 Å². The minimum atomic E-state index is -1.05. The normalized spacial score (nSPS) is 42.1. The van der Waals surface area contributed by atoms with Gasteiger partial charge in [0.25, 0.3) is 0 Å². The molecule has 0 aromatic rings. The molecule has 4 rings (SSSR count). The van der Waals surface area contributed by atoms with E-state index in [-0.39, 0.29) is 48.4 Å². The predicted octanol–water partition coefficient (Wildman–Crippen LogP) is 4.05. The van der Waals surface area contributed by atoms with Crippen molar-refractivity contribution in [2.24, 2.45) is 39.4 Å². The van der Waals surface area contributed by atoms with Gasteiger partial charge in [-0.3, -0.25) is 19.2 Å². The molecule has 7 nitrogen and oxygen atoms in total. The highest BCUT2D eigenvalue weighted by atomic mass is 16.4. The van der Waals surface area contributed by atoms with Crippen LogP contribution in [0, 0.1) is 39.4 Å². The van der Waals surface area contributed by atoms with Gasteiger partial charge in [0.05, 0.1) is 23.5 Å². The van der Waals surface area contributed by atoms with Gasteiger partial charge < -0.3 is 15.3 Å². The van der Waals surface area contributed by atoms with E-state index in [0.717, 1.165) is 0 Å². The number of aliphatic hydroxyl groups excluding tert-OH is 2. The topological polar surface area (TPSA) is 129 Å². The van der Waals surface area contributed by atoms with E-state index < -0.39 is 45.8 Å². The molecule has 0 bridgehead atoms. The van der Waals surface area contributed by atoms with E-state index >= 15 is 0 Å². The predicted molar refractivity (Wildman–Crippen MR) is 137 cm³/mol. The Kier molecular flexibility index (Phi) is 6.56. The summed E-state index contributed by atoms with van der Waals surface area (Å²) in [6, 6.07) is 0. The molecular formula is C30H42O7. The number of carbonyl (C=O) groups excluding carboxylic acids is 3. The first-order chi connectivity index (χ1) is 16.9. The standard InChI is InChI=1S/C30H42O7/c1-15(10-17(31)11-16(2)26(36)37)18-12-23(35)30(7)25-19(32)13-21-27(3,4)22(34)8-9-28(21,5)24(25)20(33)14-29(18,30)6/h10,16,18-19,21-22,32,34H,8-9,11-14H2,1-7H3,(H,36,37)/t16?,18-,19+,21+,22+,28+,29-,30+/m1/s1. The van der Waals surface area contributed by atoms with Crippen LogP contribution in [0.25, 0.3) is 0 Å². The van der Waals surface area contributed by atoms with E-state index in [2.05, 4.69) is 6.92 Å². The number of Topliss-reactive ketones (excluding diaryl/α,β-unsaturated/α-hetero) is 2. The highest BCUT2D eigenvalue weighted by molar-refractivity contribution is 6.05. The van der Waals surface area contributed by atoms with E-state index in [0.29, 0.717) is 36.0 Å². The Morgan fingerprint density at radius 2 is 1.73 bits per heavy atom. The van der Waals surface area contributed by atoms with Gasteiger partial charge in [-0.2, -0.15) is 0 Å². The largest absolute Gasteiger partial charge is 0.481 e. The number of ketones is 3. The van der Waals surface area contributed by atoms with E-state index in [1.807, 2.05) is 27.7 Å². The summed E-state index contributed by atoms with van der Waals surface area (Å²) < 4.78 is 0. The monoisotopic (exact) mass is 514 g/mol. The third-order valence-corrected chi connectivity index (χ3v) is 11.2. The molecule has 4 aliphatic rings. The van der Waals surface area contributed by atoms with E-state index in [9.17, 15) is 29.4 Å². The lowest BCUT2D eigenvalue weighted by Crippen LogP contribution is -2.60. The number of carbonyl (C=O) groups is 4. The zero-order valence-corrected chi connectivity index (χ0v) is 23.2. The number of carboxylic acids is 1. The lowest BCUT2D eigenvalue weighted by Gasteiger charge is -2.61. The first kappa shape index (κ1) is 27.9. The van der Waals surface area contributed by atoms with Crippen LogP contribution >= 0.6 is 0 Å². The zero-order chi connectivity index (χ0) is 27.9. The quantitative estimate of drug-likeness (QED) is 0.472. The molecule has 0 amide bonds. The van der Waals surface area contributed by atoms with Crippen LogP contribution in [0.1, 0.15) is 87.0 Å². The maximum absolute atomic E-state index is 14.0. The molecule has 0 heterocycles. The summed E-state index contributed by atoms with van der Waals surface area (Å²) in [5.41, 5.74) is -1.06. The summed E-state index contributed by atoms with van der Waals surface area (Å²) in [4.78, 5) is 51.7. The van der Waals surface area contributed by atoms with Crippen molar-refractivity contribution in [2.45, 2.75) is 99.2 Å². The minimum Gasteiger partial charge on any atom is -0.481 e. The lowest BCUT2D eigenvalue weighted by atomic mass is 9.42. The molecule has 4 aliphatic carbocycles. The van der Waals surface area contributed by atoms with Crippen molar-refractivity contribution in [1.82, 2.24) is 0 Å². The van der Waals surface area contributed by atoms with Gasteiger partial charge in [0.1, 0.15) is 5.78 Å². The molecule has 0 aromatic carbocycles. The molecule has 2 saturated carbocycles. The number of rotatable bonds is 5. The summed E-state index contributed by atoms with van der Waals surface area (Å²) in [5.74, 6) is -2.71. The summed E-state index contributed by atoms with van der Waals surface area (Å²) in [6.07, 6.45) is 1.71. The van der Waals surface area contributed by atoms with Gasteiger partial charge >= 0.3 is 5.97 Å². The average Bonchev–Trinajstić information content (AvgIpc) is 2.99. The first-order valence-corrected chi connectivity index (χ1v) is 13.5. The fourth-order valence-electron chi connectivity index (χ4n) is 8.69. The van der Waals surface area contributed by atoms with Crippen molar-refractivity contribution in [3.63, 3.8) is 0 Å². The molecule has 8 atom stereocenters. The summed E-state index contributed by atoms with van der Waals surface area (Å²) in [6.45, 7) is 13.1. The number of hydrogen-bond donors (Lipinski definition) is 3. The fourth-order valence-corrected chi connectivity index (χ4v) is 8.69. The summed E-state index contributed by atoms with van der Waals surface area (Å²) >= 11 is 0. The summed E-state index contributed by atoms with van der Waals surface area (Å²) in [7, 11) is 0. The molecule has 204 valence electrons. The number of carboxylic acid groups (broad SMARTS) is 1. The van der Waals surface area contributed by atoms with Gasteiger partial charge in [-0.05, 0) is 72.8 Å². The van der Waals surface area contributed by atoms with Crippen molar-refractivity contribution in [3.8, 4) is 0 Å². The number of hydrogen-bond acceptors (Lipinski definition) is 6. The van der Waals surface area contributed by atoms with Crippen LogP contribution in [-0.2, 0) is 19.2 Å². The van der Waals surface area contributed by atoms with Crippen LogP contribution in [0.4, 0.5) is 0 Å². The molecule has 0 aromatic heterocycles. The Balaban J connectivity index is 1.80. The summed E-state index contributed by atoms with van der Waals surface area (Å²) in [5, 5.41) is 31.5. The van der Waals surface area contributed by atoms with Gasteiger partial charge in [0, 0.05) is 24.8 Å². The number of allylic oxidation sites excluding steroid dienone is 3. The Labute approximate surface area is 219 Å². The van der Waals surface area contributed by atoms with Crippen LogP contribution in [0.3, 0.4) is 0 Å². The van der Waals surface area contributed by atoms with Crippen LogP contribution in [-0.4, -0.2) is 50.8 Å². The first-order valence-electron chi connectivity index (χ1n) is 13.5. The van der Waals surface area contributed by atoms with Crippen molar-refractivity contribution >= 4 is 23.3 Å². The molecule has 0 aliphatic heterocycles. The van der Waals surface area contributed by atoms with Gasteiger partial charge in [0.2, 0.25) is 0 Å². The molecule has 37 heavy (non-hydrogen) atoms. The maximum Gasteiger partial charge on any atom is 0.306 e. The zero-order valence-electron chi connectivity index (χ0n) is 23.2. The van der Waals surface area contributed by atoms with Gasteiger partial charge in [-0.15, -0.1) is 0 Å². The Hall–Kier alpha value is -2.12. The van der Waals surface area contributed by atoms with Gasteiger partial charge in [-0.1, -0.05) is 40.2 Å². The minimum absolute atomic E-state index is 0.0321. The molecule has 2 fully saturated rings. The smallest absolute Gasteiger partial charge is 0.306 e. The van der Waals surface area contributed by atoms with Crippen molar-refractivity contribution < 1.29 is 34.5 Å². The molecule has 1 unspecified atom stereocenters. The highest BCUT2D eigenvalue weighted by Gasteiger charge is 2.69. The average molecular weight is 515 g/mol. The number of aliphatic carboxylic acids is 1. The number of aliphatic hydroxyl groups is 2. The number of fused-ring (bicyclic) bond motifs is 4. The van der Waals surface area contributed by atoms with E-state index in [4.69, 9.17) is 5.11 Å². The SMILES string of the molecule is CC(=CC(=O)CC(C)C(=O)O)[C@H]1CC(=O)[C@@]2(C)C3=C(C(=O)C[C@]12C)[C@@]1(C)CC[C@H](O)C(C)(C)[C@@H]1C[C@@H]3O. The van der Waals surface area contributed by atoms with Crippen LogP contribution < -0.4 is 0 Å². The van der Waals surface area contributed by atoms with Crippen molar-refractivity contribution in [3.05, 3.63) is 22.8 Å². The third-order valence-electron chi connectivity index (χ3n) is 11.2. The highest BCUT2D eigenvalue weighted by Crippen LogP contribution is 2.70. The van der Waals surface area contributed by atoms with E-state index in [1.54, 1.807) is 6.92 Å². The van der Waals surface area contributed by atoms with Gasteiger partial charge in [-0.25, -0.2) is 0 Å². The third kappa shape index (κ3) is 3.75. The fraction of sp³-hybridized carbons (Fsp3) is 0.733.